The van der Waals surface area contributed by atoms with Gasteiger partial charge in [-0.3, -0.25) is 4.79 Å². The minimum Gasteiger partial charge on any atom is -0.381 e. The van der Waals surface area contributed by atoms with Crippen LogP contribution in [0, 0.1) is 22.7 Å². The number of alkyl halides is 2. The van der Waals surface area contributed by atoms with E-state index in [1.54, 1.807) is 0 Å². The van der Waals surface area contributed by atoms with Crippen molar-refractivity contribution in [1.82, 2.24) is 0 Å². The lowest BCUT2D eigenvalue weighted by Crippen LogP contribution is -2.77. The lowest BCUT2D eigenvalue weighted by molar-refractivity contribution is -0.183. The zero-order valence-electron chi connectivity index (χ0n) is 15.5. The summed E-state index contributed by atoms with van der Waals surface area (Å²) < 4.78 is 4.71. The molecule has 4 rings (SSSR count). The third-order valence-corrected chi connectivity index (χ3v) is 9.70. The predicted octanol–water partition coefficient (Wildman–Crippen LogP) is 6.08. The molecule has 4 saturated carbocycles. The van der Waals surface area contributed by atoms with Gasteiger partial charge < -0.3 is 4.74 Å². The largest absolute Gasteiger partial charge is 0.381 e. The maximum atomic E-state index is 13.7. The zero-order valence-corrected chi connectivity index (χ0v) is 17.0. The fourth-order valence-electron chi connectivity index (χ4n) is 7.01. The van der Waals surface area contributed by atoms with Crippen molar-refractivity contribution in [2.45, 2.75) is 93.9 Å². The van der Waals surface area contributed by atoms with Gasteiger partial charge in [0.1, 0.15) is 4.33 Å². The van der Waals surface area contributed by atoms with Gasteiger partial charge in [-0.1, -0.05) is 55.3 Å². The molecule has 0 saturated heterocycles. The summed E-state index contributed by atoms with van der Waals surface area (Å²) in [4.78, 5) is 13.7. The van der Waals surface area contributed by atoms with Crippen LogP contribution in [0.25, 0.3) is 0 Å². The number of halogens is 2. The second-order valence-electron chi connectivity index (χ2n) is 9.14. The summed E-state index contributed by atoms with van der Waals surface area (Å²) in [6, 6.07) is 0. The van der Waals surface area contributed by atoms with Gasteiger partial charge in [0, 0.05) is 7.11 Å². The molecule has 4 aliphatic carbocycles. The second-order valence-corrected chi connectivity index (χ2v) is 10.5. The highest BCUT2D eigenvalue weighted by atomic mass is 35.5. The highest BCUT2D eigenvalue weighted by Gasteiger charge is 2.81. The lowest BCUT2D eigenvalue weighted by Gasteiger charge is -2.69. The number of hydrogen-bond donors (Lipinski definition) is 0. The van der Waals surface area contributed by atoms with Gasteiger partial charge in [-0.25, -0.2) is 0 Å². The Bertz CT molecular complexity index is 518. The Morgan fingerprint density at radius 2 is 1.52 bits per heavy atom. The first-order valence-corrected chi connectivity index (χ1v) is 11.2. The summed E-state index contributed by atoms with van der Waals surface area (Å²) in [6.45, 7) is 0. The average molecular weight is 387 g/mol. The van der Waals surface area contributed by atoms with Gasteiger partial charge in [-0.2, -0.15) is 0 Å². The first-order chi connectivity index (χ1) is 12.0. The smallest absolute Gasteiger partial charge is 0.151 e. The Morgan fingerprint density at radius 3 is 2.12 bits per heavy atom. The zero-order chi connectivity index (χ0) is 17.7. The molecule has 0 heterocycles. The number of methoxy groups -OCH3 is 1. The Labute approximate surface area is 162 Å². The van der Waals surface area contributed by atoms with Gasteiger partial charge in [0.2, 0.25) is 0 Å². The van der Waals surface area contributed by atoms with Crippen molar-refractivity contribution in [1.29, 1.82) is 0 Å². The summed E-state index contributed by atoms with van der Waals surface area (Å²) in [5, 5.41) is 0. The summed E-state index contributed by atoms with van der Waals surface area (Å²) in [6.07, 6.45) is 14.6. The molecule has 0 N–H and O–H groups in total. The summed E-state index contributed by atoms with van der Waals surface area (Å²) in [5.74, 6) is 1.42. The van der Waals surface area contributed by atoms with Crippen LogP contribution in [-0.4, -0.2) is 23.3 Å². The molecular weight excluding hydrogens is 355 g/mol. The molecule has 2 nitrogen and oxygen atoms in total. The van der Waals surface area contributed by atoms with E-state index in [-0.39, 0.29) is 0 Å². The highest BCUT2D eigenvalue weighted by molar-refractivity contribution is 6.55. The number of carbonyl (C=O) groups excluding carboxylic acids is 1. The van der Waals surface area contributed by atoms with E-state index in [0.717, 1.165) is 70.6 Å². The number of Topliss-reactive ketones (excluding diaryl/α,β-unsaturated/α-hetero) is 1. The molecule has 0 radical (unpaired) electrons. The average Bonchev–Trinajstić information content (AvgIpc) is 2.67. The molecule has 0 aromatic heterocycles. The lowest BCUT2D eigenvalue weighted by atomic mass is 9.39. The van der Waals surface area contributed by atoms with E-state index in [2.05, 4.69) is 0 Å². The van der Waals surface area contributed by atoms with Crippen LogP contribution in [0.4, 0.5) is 0 Å². The first-order valence-electron chi connectivity index (χ1n) is 10.4. The topological polar surface area (TPSA) is 26.3 Å². The molecule has 2 atom stereocenters. The van der Waals surface area contributed by atoms with Gasteiger partial charge >= 0.3 is 0 Å². The molecule has 0 aromatic carbocycles. The quantitative estimate of drug-likeness (QED) is 0.537. The predicted molar refractivity (Wildman–Crippen MR) is 102 cm³/mol. The van der Waals surface area contributed by atoms with Gasteiger partial charge in [0.25, 0.3) is 0 Å². The van der Waals surface area contributed by atoms with E-state index in [4.69, 9.17) is 27.9 Å². The molecule has 0 aromatic rings. The molecule has 4 heteroatoms. The molecule has 25 heavy (non-hydrogen) atoms. The number of hydrogen-bond acceptors (Lipinski definition) is 2. The Kier molecular flexibility index (Phi) is 4.96. The Hall–Kier alpha value is 0.210. The monoisotopic (exact) mass is 386 g/mol. The van der Waals surface area contributed by atoms with E-state index >= 15 is 0 Å². The van der Waals surface area contributed by atoms with E-state index in [1.165, 1.54) is 12.8 Å². The third-order valence-electron chi connectivity index (χ3n) is 8.30. The van der Waals surface area contributed by atoms with Gasteiger partial charge in [-0.05, 0) is 63.2 Å². The van der Waals surface area contributed by atoms with Crippen molar-refractivity contribution in [3.8, 4) is 0 Å². The summed E-state index contributed by atoms with van der Waals surface area (Å²) in [7, 11) is 1.82. The molecule has 4 aliphatic rings. The molecule has 2 spiro atoms. The molecule has 0 aliphatic heterocycles. The van der Waals surface area contributed by atoms with Crippen molar-refractivity contribution >= 4 is 29.0 Å². The fraction of sp³-hybridized carbons (Fsp3) is 0.952. The molecular formula is C21H32Cl2O2. The minimum absolute atomic E-state index is 0.383. The SMILES string of the molecule is COC1CCC(C2CCCC[C@@]23C(=O)C2(CCCCC2)C3(Cl)Cl)CC1. The van der Waals surface area contributed by atoms with E-state index in [9.17, 15) is 4.79 Å². The van der Waals surface area contributed by atoms with Crippen LogP contribution < -0.4 is 0 Å². The fourth-order valence-corrected chi connectivity index (χ4v) is 8.20. The Morgan fingerprint density at radius 1 is 0.880 bits per heavy atom. The van der Waals surface area contributed by atoms with Crippen LogP contribution in [-0.2, 0) is 9.53 Å². The molecule has 0 bridgehead atoms. The van der Waals surface area contributed by atoms with Crippen molar-refractivity contribution in [2.24, 2.45) is 22.7 Å². The normalized spacial score (nSPS) is 43.2. The first kappa shape index (κ1) is 18.6. The standard InChI is InChI=1S/C21H32Cl2O2/c1-25-16-10-8-15(9-11-16)17-7-3-6-14-20(17)18(24)19(21(20,22)23)12-4-2-5-13-19/h15-17H,2-14H2,1H3/t15?,16?,17?,20-/m0/s1. The van der Waals surface area contributed by atoms with E-state index < -0.39 is 15.2 Å². The molecule has 142 valence electrons. The maximum Gasteiger partial charge on any atom is 0.151 e. The number of carbonyl (C=O) groups is 1. The van der Waals surface area contributed by atoms with Crippen LogP contribution in [0.5, 0.6) is 0 Å². The van der Waals surface area contributed by atoms with Crippen LogP contribution in [0.15, 0.2) is 0 Å². The van der Waals surface area contributed by atoms with Crippen molar-refractivity contribution in [3.05, 3.63) is 0 Å². The maximum absolute atomic E-state index is 13.7. The van der Waals surface area contributed by atoms with E-state index in [1.807, 2.05) is 7.11 Å². The van der Waals surface area contributed by atoms with Crippen molar-refractivity contribution < 1.29 is 9.53 Å². The molecule has 1 unspecified atom stereocenters. The minimum atomic E-state index is -0.847. The van der Waals surface area contributed by atoms with Crippen molar-refractivity contribution in [3.63, 3.8) is 0 Å². The van der Waals surface area contributed by atoms with Crippen LogP contribution >= 0.6 is 23.2 Å². The highest BCUT2D eigenvalue weighted by Crippen LogP contribution is 2.76. The van der Waals surface area contributed by atoms with Gasteiger partial charge in [0.05, 0.1) is 16.9 Å². The number of ketones is 1. The van der Waals surface area contributed by atoms with Crippen molar-refractivity contribution in [2.75, 3.05) is 7.11 Å². The molecule has 4 fully saturated rings. The van der Waals surface area contributed by atoms with Gasteiger partial charge in [-0.15, -0.1) is 0 Å². The summed E-state index contributed by atoms with van der Waals surface area (Å²) in [5.41, 5.74) is -0.899. The second kappa shape index (κ2) is 6.67. The van der Waals surface area contributed by atoms with E-state index in [0.29, 0.717) is 23.7 Å². The molecule has 0 amide bonds. The van der Waals surface area contributed by atoms with Crippen LogP contribution in [0.2, 0.25) is 0 Å². The number of ether oxygens (including phenoxy) is 1. The third kappa shape index (κ3) is 2.42. The van der Waals surface area contributed by atoms with Crippen LogP contribution in [0.1, 0.15) is 83.5 Å². The Balaban J connectivity index is 1.61. The van der Waals surface area contributed by atoms with Crippen LogP contribution in [0.3, 0.4) is 0 Å². The number of rotatable bonds is 2. The summed E-state index contributed by atoms with van der Waals surface area (Å²) >= 11 is 14.3. The van der Waals surface area contributed by atoms with Gasteiger partial charge in [0.15, 0.2) is 5.78 Å².